The van der Waals surface area contributed by atoms with Crippen LogP contribution in [0, 0.1) is 5.41 Å². The van der Waals surface area contributed by atoms with Crippen LogP contribution >= 0.6 is 23.7 Å². The third-order valence-electron chi connectivity index (χ3n) is 2.85. The van der Waals surface area contributed by atoms with Gasteiger partial charge in [0.05, 0.1) is 10.6 Å². The third kappa shape index (κ3) is 3.75. The van der Waals surface area contributed by atoms with Gasteiger partial charge in [-0.15, -0.1) is 12.4 Å². The summed E-state index contributed by atoms with van der Waals surface area (Å²) in [5, 5.41) is 3.19. The minimum Gasteiger partial charge on any atom is -0.330 e. The summed E-state index contributed by atoms with van der Waals surface area (Å²) in [7, 11) is 0. The third-order valence-corrected chi connectivity index (χ3v) is 3.91. The van der Waals surface area contributed by atoms with Crippen molar-refractivity contribution < 1.29 is 9.59 Å². The quantitative estimate of drug-likeness (QED) is 0.894. The highest BCUT2D eigenvalue weighted by molar-refractivity contribution is 7.17. The molecule has 2 rings (SSSR count). The summed E-state index contributed by atoms with van der Waals surface area (Å²) < 4.78 is 0. The highest BCUT2D eigenvalue weighted by Gasteiger charge is 2.33. The largest absolute Gasteiger partial charge is 0.330 e. The van der Waals surface area contributed by atoms with Crippen LogP contribution in [0.15, 0.2) is 0 Å². The van der Waals surface area contributed by atoms with E-state index in [2.05, 4.69) is 24.1 Å². The van der Waals surface area contributed by atoms with Gasteiger partial charge in [-0.1, -0.05) is 25.2 Å². The Labute approximate surface area is 122 Å². The normalized spacial score (nSPS) is 16.5. The predicted octanol–water partition coefficient (Wildman–Crippen LogP) is 2.01. The van der Waals surface area contributed by atoms with Gasteiger partial charge >= 0.3 is 0 Å². The van der Waals surface area contributed by atoms with Crippen LogP contribution in [0.25, 0.3) is 0 Å². The van der Waals surface area contributed by atoms with Crippen molar-refractivity contribution in [2.45, 2.75) is 33.1 Å². The number of fused-ring (bicyclic) bond motifs is 1. The molecule has 1 heterocycles. The molecule has 106 valence electrons. The molecule has 1 aliphatic rings. The van der Waals surface area contributed by atoms with Crippen molar-refractivity contribution in [3.8, 4) is 0 Å². The summed E-state index contributed by atoms with van der Waals surface area (Å²) >= 11 is 1.26. The lowest BCUT2D eigenvalue weighted by atomic mass is 9.78. The van der Waals surface area contributed by atoms with Crippen molar-refractivity contribution in [2.75, 3.05) is 11.9 Å². The number of anilines is 1. The maximum absolute atomic E-state index is 12.0. The van der Waals surface area contributed by atoms with Crippen LogP contribution in [0.1, 0.15) is 42.1 Å². The number of carbonyl (C=O) groups excluding carboxylic acids is 2. The number of nitrogens with two attached hydrogens (primary N) is 1. The summed E-state index contributed by atoms with van der Waals surface area (Å²) in [4.78, 5) is 28.4. The second kappa shape index (κ2) is 5.98. The van der Waals surface area contributed by atoms with Gasteiger partial charge in [0.15, 0.2) is 10.9 Å². The molecular formula is C12H18ClN3O2S. The average Bonchev–Trinajstić information content (AvgIpc) is 2.58. The minimum atomic E-state index is -0.157. The number of hydrogen-bond donors (Lipinski definition) is 2. The summed E-state index contributed by atoms with van der Waals surface area (Å²) in [5.74, 6) is -0.0339. The number of amides is 1. The van der Waals surface area contributed by atoms with E-state index < -0.39 is 0 Å². The van der Waals surface area contributed by atoms with Gasteiger partial charge in [-0.2, -0.15) is 0 Å². The van der Waals surface area contributed by atoms with E-state index in [1.165, 1.54) is 11.3 Å². The number of thiazole rings is 1. The van der Waals surface area contributed by atoms with E-state index in [4.69, 9.17) is 5.73 Å². The molecule has 1 aromatic heterocycles. The molecule has 1 aromatic rings. The van der Waals surface area contributed by atoms with Crippen LogP contribution in [-0.4, -0.2) is 23.2 Å². The fraction of sp³-hybridized carbons (Fsp3) is 0.583. The highest BCUT2D eigenvalue weighted by atomic mass is 35.5. The molecule has 0 fully saturated rings. The lowest BCUT2D eigenvalue weighted by Crippen LogP contribution is -2.26. The Balaban J connectivity index is 0.00000180. The molecule has 1 amide bonds. The predicted molar refractivity (Wildman–Crippen MR) is 78.1 cm³/mol. The van der Waals surface area contributed by atoms with Crippen LogP contribution in [0.4, 0.5) is 5.13 Å². The summed E-state index contributed by atoms with van der Waals surface area (Å²) in [6.07, 6.45) is 1.58. The summed E-state index contributed by atoms with van der Waals surface area (Å²) in [6.45, 7) is 4.42. The Morgan fingerprint density at radius 3 is 2.79 bits per heavy atom. The molecule has 0 atom stereocenters. The molecule has 0 saturated carbocycles. The zero-order chi connectivity index (χ0) is 13.3. The number of hydrogen-bond acceptors (Lipinski definition) is 5. The van der Waals surface area contributed by atoms with Gasteiger partial charge in [0, 0.05) is 19.4 Å². The van der Waals surface area contributed by atoms with Crippen molar-refractivity contribution >= 4 is 40.6 Å². The first-order valence-electron chi connectivity index (χ1n) is 5.94. The molecule has 7 heteroatoms. The lowest BCUT2D eigenvalue weighted by Gasteiger charge is -2.26. The monoisotopic (exact) mass is 303 g/mol. The number of Topliss-reactive ketones (excluding diaryl/α,β-unsaturated/α-hetero) is 1. The van der Waals surface area contributed by atoms with Crippen molar-refractivity contribution in [1.29, 1.82) is 0 Å². The molecule has 0 bridgehead atoms. The molecule has 5 nitrogen and oxygen atoms in total. The van der Waals surface area contributed by atoms with Gasteiger partial charge in [-0.05, 0) is 11.8 Å². The molecule has 0 radical (unpaired) electrons. The second-order valence-corrected chi connectivity index (χ2v) is 6.32. The van der Waals surface area contributed by atoms with E-state index in [0.29, 0.717) is 23.0 Å². The van der Waals surface area contributed by atoms with Gasteiger partial charge in [0.25, 0.3) is 0 Å². The molecule has 19 heavy (non-hydrogen) atoms. The number of nitrogens with zero attached hydrogens (tertiary/aromatic N) is 1. The Morgan fingerprint density at radius 2 is 2.16 bits per heavy atom. The molecule has 0 aliphatic heterocycles. The van der Waals surface area contributed by atoms with Crippen molar-refractivity contribution in [3.05, 3.63) is 10.6 Å². The van der Waals surface area contributed by atoms with Crippen LogP contribution in [-0.2, 0) is 11.2 Å². The average molecular weight is 304 g/mol. The lowest BCUT2D eigenvalue weighted by molar-refractivity contribution is -0.116. The number of aromatic nitrogens is 1. The summed E-state index contributed by atoms with van der Waals surface area (Å²) in [6, 6.07) is 0. The molecule has 0 unspecified atom stereocenters. The molecule has 0 aromatic carbocycles. The van der Waals surface area contributed by atoms with Crippen molar-refractivity contribution in [1.82, 2.24) is 4.98 Å². The fourth-order valence-electron chi connectivity index (χ4n) is 2.09. The van der Waals surface area contributed by atoms with E-state index in [1.807, 2.05) is 0 Å². The molecular weight excluding hydrogens is 286 g/mol. The van der Waals surface area contributed by atoms with Gasteiger partial charge in [-0.3, -0.25) is 9.59 Å². The Bertz CT molecular complexity index is 499. The zero-order valence-electron chi connectivity index (χ0n) is 11.0. The first kappa shape index (κ1) is 16.1. The van der Waals surface area contributed by atoms with E-state index in [-0.39, 0.29) is 35.9 Å². The number of carbonyl (C=O) groups is 2. The Morgan fingerprint density at radius 1 is 1.47 bits per heavy atom. The number of rotatable bonds is 3. The highest BCUT2D eigenvalue weighted by Crippen LogP contribution is 2.38. The smallest absolute Gasteiger partial charge is 0.227 e. The van der Waals surface area contributed by atoms with Crippen LogP contribution in [0.3, 0.4) is 0 Å². The van der Waals surface area contributed by atoms with Crippen LogP contribution in [0.2, 0.25) is 0 Å². The van der Waals surface area contributed by atoms with E-state index >= 15 is 0 Å². The molecule has 1 aliphatic carbocycles. The molecule has 0 saturated heterocycles. The number of ketones is 1. The van der Waals surface area contributed by atoms with Crippen LogP contribution < -0.4 is 11.1 Å². The van der Waals surface area contributed by atoms with Crippen molar-refractivity contribution in [3.63, 3.8) is 0 Å². The maximum atomic E-state index is 12.0. The van der Waals surface area contributed by atoms with Gasteiger partial charge in [-0.25, -0.2) is 4.98 Å². The zero-order valence-corrected chi connectivity index (χ0v) is 12.6. The first-order valence-corrected chi connectivity index (χ1v) is 6.76. The van der Waals surface area contributed by atoms with Crippen LogP contribution in [0.5, 0.6) is 0 Å². The number of nitrogens with one attached hydrogen (secondary N) is 1. The van der Waals surface area contributed by atoms with E-state index in [9.17, 15) is 9.59 Å². The SMILES string of the molecule is CC1(C)CC(=O)c2sc(NC(=O)CCN)nc2C1.Cl. The standard InChI is InChI=1S/C12H17N3O2S.ClH/c1-12(2)5-7-10(8(16)6-12)18-11(14-7)15-9(17)3-4-13;/h3-6,13H2,1-2H3,(H,14,15,17);1H. The topological polar surface area (TPSA) is 85.1 Å². The Kier molecular flexibility index (Phi) is 5.06. The van der Waals surface area contributed by atoms with Crippen molar-refractivity contribution in [2.24, 2.45) is 11.1 Å². The second-order valence-electron chi connectivity index (χ2n) is 5.32. The molecule has 3 N–H and O–H groups in total. The Hall–Kier alpha value is -0.980. The molecule has 0 spiro atoms. The minimum absolute atomic E-state index is 0. The van der Waals surface area contributed by atoms with E-state index in [1.54, 1.807) is 0 Å². The van der Waals surface area contributed by atoms with Gasteiger partial charge in [0.1, 0.15) is 0 Å². The maximum Gasteiger partial charge on any atom is 0.227 e. The van der Waals surface area contributed by atoms with E-state index in [0.717, 1.165) is 12.1 Å². The fourth-order valence-corrected chi connectivity index (χ4v) is 3.02. The van der Waals surface area contributed by atoms with Gasteiger partial charge < -0.3 is 11.1 Å². The first-order chi connectivity index (χ1) is 8.41. The number of halogens is 1. The summed E-state index contributed by atoms with van der Waals surface area (Å²) in [5.41, 5.74) is 6.07. The van der Waals surface area contributed by atoms with Gasteiger partial charge in [0.2, 0.25) is 5.91 Å².